The van der Waals surface area contributed by atoms with E-state index in [-0.39, 0.29) is 12.0 Å². The second kappa shape index (κ2) is 7.15. The fourth-order valence-electron chi connectivity index (χ4n) is 3.07. The Balaban J connectivity index is 1.35. The topological polar surface area (TPSA) is 57.2 Å². The maximum atomic E-state index is 12.6. The lowest BCUT2D eigenvalue weighted by molar-refractivity contribution is -0.130. The number of para-hydroxylation sites is 2. The zero-order valence-electron chi connectivity index (χ0n) is 14.6. The zero-order valence-corrected chi connectivity index (χ0v) is 14.6. The molecule has 2 aromatic rings. The number of hydrogen-bond donors (Lipinski definition) is 0. The van der Waals surface area contributed by atoms with Crippen LogP contribution in [0.1, 0.15) is 5.56 Å². The lowest BCUT2D eigenvalue weighted by Gasteiger charge is -2.29. The molecule has 1 amide bonds. The first-order chi connectivity index (χ1) is 12.7. The molecule has 6 heteroatoms. The predicted octanol–water partition coefficient (Wildman–Crippen LogP) is 2.30. The van der Waals surface area contributed by atoms with E-state index in [4.69, 9.17) is 18.9 Å². The second-order valence-corrected chi connectivity index (χ2v) is 6.43. The van der Waals surface area contributed by atoms with Crippen molar-refractivity contribution in [3.8, 4) is 23.0 Å². The van der Waals surface area contributed by atoms with Gasteiger partial charge in [0, 0.05) is 7.05 Å². The molecule has 0 fully saturated rings. The number of benzene rings is 2. The van der Waals surface area contributed by atoms with Crippen LogP contribution < -0.4 is 18.9 Å². The fraction of sp³-hybridized carbons (Fsp3) is 0.350. The van der Waals surface area contributed by atoms with E-state index in [1.165, 1.54) is 0 Å². The molecule has 2 aliphatic rings. The first kappa shape index (κ1) is 16.6. The van der Waals surface area contributed by atoms with E-state index in [1.807, 2.05) is 42.5 Å². The summed E-state index contributed by atoms with van der Waals surface area (Å²) in [6, 6.07) is 13.2. The summed E-state index contributed by atoms with van der Waals surface area (Å²) in [4.78, 5) is 14.2. The van der Waals surface area contributed by atoms with Gasteiger partial charge >= 0.3 is 0 Å². The minimum Gasteiger partial charge on any atom is -0.486 e. The molecule has 0 aliphatic carbocycles. The van der Waals surface area contributed by atoms with Crippen LogP contribution in [0.25, 0.3) is 0 Å². The molecule has 0 saturated carbocycles. The third kappa shape index (κ3) is 3.54. The Hall–Kier alpha value is -2.89. The average molecular weight is 355 g/mol. The third-order valence-corrected chi connectivity index (χ3v) is 4.43. The van der Waals surface area contributed by atoms with E-state index < -0.39 is 0 Å². The Morgan fingerprint density at radius 3 is 2.58 bits per heavy atom. The predicted molar refractivity (Wildman–Crippen MR) is 95.1 cm³/mol. The summed E-state index contributed by atoms with van der Waals surface area (Å²) < 4.78 is 22.7. The first-order valence-electron chi connectivity index (χ1n) is 8.70. The average Bonchev–Trinajstić information content (AvgIpc) is 2.67. The van der Waals surface area contributed by atoms with E-state index in [0.29, 0.717) is 38.5 Å². The van der Waals surface area contributed by atoms with Crippen molar-refractivity contribution in [1.82, 2.24) is 4.90 Å². The van der Waals surface area contributed by atoms with Crippen LogP contribution >= 0.6 is 0 Å². The van der Waals surface area contributed by atoms with Gasteiger partial charge < -0.3 is 23.8 Å². The summed E-state index contributed by atoms with van der Waals surface area (Å²) in [5.41, 5.74) is 0.900. The molecule has 0 unspecified atom stereocenters. The van der Waals surface area contributed by atoms with Gasteiger partial charge in [0.2, 0.25) is 5.91 Å². The molecule has 2 heterocycles. The highest BCUT2D eigenvalue weighted by Gasteiger charge is 2.24. The van der Waals surface area contributed by atoms with Crippen molar-refractivity contribution in [3.05, 3.63) is 48.0 Å². The van der Waals surface area contributed by atoms with Crippen LogP contribution in [0.15, 0.2) is 42.5 Å². The molecule has 26 heavy (non-hydrogen) atoms. The summed E-state index contributed by atoms with van der Waals surface area (Å²) >= 11 is 0. The second-order valence-electron chi connectivity index (χ2n) is 6.43. The van der Waals surface area contributed by atoms with Gasteiger partial charge in [-0.3, -0.25) is 4.79 Å². The summed E-state index contributed by atoms with van der Waals surface area (Å²) in [6.07, 6.45) is 0.122. The van der Waals surface area contributed by atoms with Crippen LogP contribution in [-0.2, 0) is 11.2 Å². The van der Waals surface area contributed by atoms with Crippen molar-refractivity contribution in [3.63, 3.8) is 0 Å². The number of carbonyl (C=O) groups excluding carboxylic acids is 1. The van der Waals surface area contributed by atoms with Gasteiger partial charge in [0.15, 0.2) is 29.1 Å². The number of ether oxygens (including phenoxy) is 4. The molecule has 0 spiro atoms. The number of likely N-dealkylation sites (N-methyl/N-ethyl adjacent to an activating group) is 1. The third-order valence-electron chi connectivity index (χ3n) is 4.43. The summed E-state index contributed by atoms with van der Waals surface area (Å²) in [5.74, 6) is 2.91. The number of carbonyl (C=O) groups is 1. The van der Waals surface area contributed by atoms with Gasteiger partial charge in [0.05, 0.1) is 13.0 Å². The van der Waals surface area contributed by atoms with E-state index in [2.05, 4.69) is 0 Å². The van der Waals surface area contributed by atoms with E-state index in [0.717, 1.165) is 22.8 Å². The van der Waals surface area contributed by atoms with Crippen molar-refractivity contribution in [2.75, 3.05) is 33.4 Å². The number of nitrogens with zero attached hydrogens (tertiary/aromatic N) is 1. The molecular formula is C20H21NO5. The molecule has 2 aromatic carbocycles. The Morgan fingerprint density at radius 2 is 1.73 bits per heavy atom. The molecule has 0 radical (unpaired) electrons. The zero-order chi connectivity index (χ0) is 17.9. The molecule has 0 aromatic heterocycles. The lowest BCUT2D eigenvalue weighted by atomic mass is 10.1. The standard InChI is InChI=1S/C20H21NO5/c1-21(12-15-13-25-16-4-2-3-5-18(16)26-15)20(22)11-14-6-7-17-19(10-14)24-9-8-23-17/h2-7,10,15H,8-9,11-13H2,1H3/t15-/m1/s1. The quantitative estimate of drug-likeness (QED) is 0.842. The van der Waals surface area contributed by atoms with Crippen molar-refractivity contribution >= 4 is 5.91 Å². The van der Waals surface area contributed by atoms with Crippen LogP contribution in [0.3, 0.4) is 0 Å². The number of hydrogen-bond acceptors (Lipinski definition) is 5. The Kier molecular flexibility index (Phi) is 4.56. The first-order valence-corrected chi connectivity index (χ1v) is 8.70. The van der Waals surface area contributed by atoms with Gasteiger partial charge in [-0.2, -0.15) is 0 Å². The highest BCUT2D eigenvalue weighted by atomic mass is 16.6. The Labute approximate surface area is 152 Å². The summed E-state index contributed by atoms with van der Waals surface area (Å²) in [6.45, 7) is 1.99. The van der Waals surface area contributed by atoms with Gasteiger partial charge in [0.25, 0.3) is 0 Å². The monoisotopic (exact) mass is 355 g/mol. The molecule has 0 bridgehead atoms. The normalized spacial score (nSPS) is 17.5. The van der Waals surface area contributed by atoms with Crippen LogP contribution in [0.5, 0.6) is 23.0 Å². The molecule has 2 aliphatic heterocycles. The number of amides is 1. The molecule has 6 nitrogen and oxygen atoms in total. The largest absolute Gasteiger partial charge is 0.486 e. The Bertz CT molecular complexity index is 807. The maximum Gasteiger partial charge on any atom is 0.226 e. The maximum absolute atomic E-state index is 12.6. The van der Waals surface area contributed by atoms with Crippen LogP contribution in [0.2, 0.25) is 0 Å². The molecule has 0 N–H and O–H groups in total. The van der Waals surface area contributed by atoms with Crippen molar-refractivity contribution in [1.29, 1.82) is 0 Å². The lowest BCUT2D eigenvalue weighted by Crippen LogP contribution is -2.42. The van der Waals surface area contributed by atoms with Gasteiger partial charge in [-0.05, 0) is 29.8 Å². The highest BCUT2D eigenvalue weighted by molar-refractivity contribution is 5.78. The van der Waals surface area contributed by atoms with Gasteiger partial charge in [-0.1, -0.05) is 18.2 Å². The minimum atomic E-state index is -0.181. The van der Waals surface area contributed by atoms with E-state index >= 15 is 0 Å². The summed E-state index contributed by atoms with van der Waals surface area (Å²) in [7, 11) is 1.78. The smallest absolute Gasteiger partial charge is 0.226 e. The molecule has 1 atom stereocenters. The number of fused-ring (bicyclic) bond motifs is 2. The summed E-state index contributed by atoms with van der Waals surface area (Å²) in [5, 5.41) is 0. The van der Waals surface area contributed by atoms with Crippen molar-refractivity contribution in [2.45, 2.75) is 12.5 Å². The minimum absolute atomic E-state index is 0.0177. The van der Waals surface area contributed by atoms with Crippen LogP contribution in [0.4, 0.5) is 0 Å². The molecule has 0 saturated heterocycles. The van der Waals surface area contributed by atoms with Gasteiger partial charge in [-0.15, -0.1) is 0 Å². The molecule has 4 rings (SSSR count). The van der Waals surface area contributed by atoms with E-state index in [1.54, 1.807) is 11.9 Å². The van der Waals surface area contributed by atoms with E-state index in [9.17, 15) is 4.79 Å². The Morgan fingerprint density at radius 1 is 1.00 bits per heavy atom. The van der Waals surface area contributed by atoms with Crippen LogP contribution in [0, 0.1) is 0 Å². The molecule has 136 valence electrons. The van der Waals surface area contributed by atoms with Crippen LogP contribution in [-0.4, -0.2) is 50.3 Å². The van der Waals surface area contributed by atoms with Gasteiger partial charge in [0.1, 0.15) is 19.8 Å². The fourth-order valence-corrected chi connectivity index (χ4v) is 3.07. The van der Waals surface area contributed by atoms with Crippen molar-refractivity contribution < 1.29 is 23.7 Å². The van der Waals surface area contributed by atoms with Crippen molar-refractivity contribution in [2.24, 2.45) is 0 Å². The highest BCUT2D eigenvalue weighted by Crippen LogP contribution is 2.32. The SMILES string of the molecule is CN(C[C@@H]1COc2ccccc2O1)C(=O)Cc1ccc2c(c1)OCCO2. The van der Waals surface area contributed by atoms with Gasteiger partial charge in [-0.25, -0.2) is 0 Å². The number of rotatable bonds is 4. The molecular weight excluding hydrogens is 334 g/mol.